The fraction of sp³-hybridized carbons (Fsp3) is 0.391. The second-order valence-electron chi connectivity index (χ2n) is 7.77. The van der Waals surface area contributed by atoms with Crippen molar-refractivity contribution in [2.24, 2.45) is 0 Å². The third-order valence-electron chi connectivity index (χ3n) is 5.30. The number of rotatable bonds is 8. The van der Waals surface area contributed by atoms with Gasteiger partial charge in [-0.15, -0.1) is 0 Å². The number of hydrogen-bond acceptors (Lipinski definition) is 5. The molecule has 0 aliphatic carbocycles. The van der Waals surface area contributed by atoms with Gasteiger partial charge in [-0.3, -0.25) is 9.59 Å². The number of hydrogen-bond donors (Lipinski definition) is 1. The van der Waals surface area contributed by atoms with Crippen LogP contribution in [0.15, 0.2) is 58.1 Å². The standard InChI is InChI=1S/C23H29N3O5S/c1-25(18-22(27)24-17-20-7-6-16-31-20)23(28)13-10-19-8-11-21(12-9-19)32(29,30)26-14-4-2-3-5-15-26/h6-13,16H,2-5,14-15,17-18H2,1H3,(H,24,27). The molecule has 1 N–H and O–H groups in total. The molecular weight excluding hydrogens is 430 g/mol. The van der Waals surface area contributed by atoms with Crippen molar-refractivity contribution >= 4 is 27.9 Å². The van der Waals surface area contributed by atoms with E-state index in [1.165, 1.54) is 24.3 Å². The lowest BCUT2D eigenvalue weighted by molar-refractivity contribution is -0.131. The lowest BCUT2D eigenvalue weighted by Crippen LogP contribution is -2.37. The number of carbonyl (C=O) groups excluding carboxylic acids is 2. The van der Waals surface area contributed by atoms with Crippen molar-refractivity contribution in [2.75, 3.05) is 26.7 Å². The summed E-state index contributed by atoms with van der Waals surface area (Å²) >= 11 is 0. The molecule has 1 fully saturated rings. The van der Waals surface area contributed by atoms with Crippen LogP contribution in [0.2, 0.25) is 0 Å². The SMILES string of the molecule is CN(CC(=O)NCc1ccco1)C(=O)C=Cc1ccc(S(=O)(=O)N2CCCCCC2)cc1. The maximum atomic E-state index is 12.8. The summed E-state index contributed by atoms with van der Waals surface area (Å²) in [6.45, 7) is 1.28. The lowest BCUT2D eigenvalue weighted by Gasteiger charge is -2.19. The van der Waals surface area contributed by atoms with E-state index in [2.05, 4.69) is 5.32 Å². The zero-order valence-corrected chi connectivity index (χ0v) is 19.0. The number of amides is 2. The topological polar surface area (TPSA) is 99.9 Å². The molecule has 0 unspecified atom stereocenters. The van der Waals surface area contributed by atoms with Crippen LogP contribution < -0.4 is 5.32 Å². The van der Waals surface area contributed by atoms with Crippen molar-refractivity contribution in [3.05, 3.63) is 60.1 Å². The van der Waals surface area contributed by atoms with Crippen LogP contribution >= 0.6 is 0 Å². The Balaban J connectivity index is 1.52. The Morgan fingerprint density at radius 2 is 1.78 bits per heavy atom. The minimum absolute atomic E-state index is 0.0864. The van der Waals surface area contributed by atoms with Gasteiger partial charge in [-0.1, -0.05) is 25.0 Å². The average molecular weight is 460 g/mol. The van der Waals surface area contributed by atoms with Crippen LogP contribution in [-0.2, 0) is 26.2 Å². The summed E-state index contributed by atoms with van der Waals surface area (Å²) < 4.78 is 32.4. The van der Waals surface area contributed by atoms with E-state index in [0.717, 1.165) is 25.7 Å². The first kappa shape index (κ1) is 23.7. The summed E-state index contributed by atoms with van der Waals surface area (Å²) in [5.74, 6) is 0.00154. The summed E-state index contributed by atoms with van der Waals surface area (Å²) in [5.41, 5.74) is 0.698. The summed E-state index contributed by atoms with van der Waals surface area (Å²) in [6, 6.07) is 9.96. The van der Waals surface area contributed by atoms with E-state index in [-0.39, 0.29) is 29.8 Å². The summed E-state index contributed by atoms with van der Waals surface area (Å²) in [4.78, 5) is 25.8. The van der Waals surface area contributed by atoms with E-state index in [9.17, 15) is 18.0 Å². The molecule has 2 aromatic rings. The molecule has 2 amide bonds. The minimum Gasteiger partial charge on any atom is -0.467 e. The monoisotopic (exact) mass is 459 g/mol. The molecule has 2 heterocycles. The first-order valence-corrected chi connectivity index (χ1v) is 12.1. The van der Waals surface area contributed by atoms with Gasteiger partial charge in [-0.05, 0) is 48.7 Å². The predicted molar refractivity (Wildman–Crippen MR) is 121 cm³/mol. The Morgan fingerprint density at radius 3 is 2.41 bits per heavy atom. The second kappa shape index (κ2) is 11.1. The number of sulfonamides is 1. The summed E-state index contributed by atoms with van der Waals surface area (Å²) in [6.07, 6.45) is 8.37. The summed E-state index contributed by atoms with van der Waals surface area (Å²) in [5, 5.41) is 2.68. The molecule has 9 heteroatoms. The highest BCUT2D eigenvalue weighted by molar-refractivity contribution is 7.89. The van der Waals surface area contributed by atoms with Gasteiger partial charge in [0.1, 0.15) is 5.76 Å². The number of nitrogens with one attached hydrogen (secondary N) is 1. The van der Waals surface area contributed by atoms with E-state index in [0.29, 0.717) is 24.4 Å². The number of benzene rings is 1. The highest BCUT2D eigenvalue weighted by atomic mass is 32.2. The van der Waals surface area contributed by atoms with Gasteiger partial charge in [0.2, 0.25) is 21.8 Å². The van der Waals surface area contributed by atoms with Crippen molar-refractivity contribution in [2.45, 2.75) is 37.1 Å². The van der Waals surface area contributed by atoms with E-state index >= 15 is 0 Å². The molecule has 1 saturated heterocycles. The molecule has 3 rings (SSSR count). The van der Waals surface area contributed by atoms with Gasteiger partial charge >= 0.3 is 0 Å². The van der Waals surface area contributed by atoms with E-state index < -0.39 is 10.0 Å². The molecule has 32 heavy (non-hydrogen) atoms. The average Bonchev–Trinajstić information content (AvgIpc) is 3.15. The van der Waals surface area contributed by atoms with Gasteiger partial charge in [-0.2, -0.15) is 4.31 Å². The van der Waals surface area contributed by atoms with Crippen LogP contribution in [0.25, 0.3) is 6.08 Å². The van der Waals surface area contributed by atoms with Crippen LogP contribution in [0, 0.1) is 0 Å². The van der Waals surface area contributed by atoms with Crippen molar-refractivity contribution in [1.29, 1.82) is 0 Å². The fourth-order valence-electron chi connectivity index (χ4n) is 3.42. The largest absolute Gasteiger partial charge is 0.467 e. The Kier molecular flexibility index (Phi) is 8.24. The first-order chi connectivity index (χ1) is 15.4. The Labute approximate surface area is 188 Å². The van der Waals surface area contributed by atoms with E-state index in [4.69, 9.17) is 4.42 Å². The number of carbonyl (C=O) groups is 2. The van der Waals surface area contributed by atoms with Crippen LogP contribution in [0.4, 0.5) is 0 Å². The van der Waals surface area contributed by atoms with E-state index in [1.807, 2.05) is 0 Å². The third-order valence-corrected chi connectivity index (χ3v) is 7.21. The van der Waals surface area contributed by atoms with E-state index in [1.54, 1.807) is 46.8 Å². The van der Waals surface area contributed by atoms with Crippen molar-refractivity contribution in [3.8, 4) is 0 Å². The van der Waals surface area contributed by atoms with Crippen LogP contribution in [0.5, 0.6) is 0 Å². The Bertz CT molecular complexity index is 1020. The molecule has 0 spiro atoms. The Morgan fingerprint density at radius 1 is 1.09 bits per heavy atom. The molecule has 1 aromatic carbocycles. The lowest BCUT2D eigenvalue weighted by atomic mass is 10.2. The molecular formula is C23H29N3O5S. The van der Waals surface area contributed by atoms with Crippen molar-refractivity contribution in [3.63, 3.8) is 0 Å². The highest BCUT2D eigenvalue weighted by Crippen LogP contribution is 2.21. The molecule has 0 radical (unpaired) electrons. The zero-order chi connectivity index (χ0) is 23.0. The first-order valence-electron chi connectivity index (χ1n) is 10.7. The minimum atomic E-state index is -3.50. The highest BCUT2D eigenvalue weighted by Gasteiger charge is 2.24. The quantitative estimate of drug-likeness (QED) is 0.612. The maximum Gasteiger partial charge on any atom is 0.246 e. The number of likely N-dealkylation sites (N-methyl/N-ethyl adjacent to an activating group) is 1. The fourth-order valence-corrected chi connectivity index (χ4v) is 4.94. The number of furan rings is 1. The van der Waals surface area contributed by atoms with Crippen LogP contribution in [0.1, 0.15) is 37.0 Å². The molecule has 1 aromatic heterocycles. The van der Waals surface area contributed by atoms with Gasteiger partial charge in [-0.25, -0.2) is 8.42 Å². The third kappa shape index (κ3) is 6.54. The number of nitrogens with zero attached hydrogens (tertiary/aromatic N) is 2. The smallest absolute Gasteiger partial charge is 0.246 e. The predicted octanol–water partition coefficient (Wildman–Crippen LogP) is 2.63. The molecule has 1 aliphatic rings. The van der Waals surface area contributed by atoms with Crippen LogP contribution in [0.3, 0.4) is 0 Å². The van der Waals surface area contributed by atoms with Gasteiger partial charge < -0.3 is 14.6 Å². The zero-order valence-electron chi connectivity index (χ0n) is 18.2. The van der Waals surface area contributed by atoms with Gasteiger partial charge in [0.25, 0.3) is 0 Å². The molecule has 1 aliphatic heterocycles. The summed E-state index contributed by atoms with van der Waals surface area (Å²) in [7, 11) is -1.96. The molecule has 0 atom stereocenters. The van der Waals surface area contributed by atoms with Gasteiger partial charge in [0.05, 0.1) is 24.2 Å². The van der Waals surface area contributed by atoms with Crippen molar-refractivity contribution in [1.82, 2.24) is 14.5 Å². The molecule has 0 saturated carbocycles. The van der Waals surface area contributed by atoms with Gasteiger partial charge in [0.15, 0.2) is 0 Å². The second-order valence-corrected chi connectivity index (χ2v) is 9.71. The Hall–Kier alpha value is -2.91. The molecule has 8 nitrogen and oxygen atoms in total. The van der Waals surface area contributed by atoms with Crippen LogP contribution in [-0.4, -0.2) is 56.1 Å². The normalized spacial score (nSPS) is 15.4. The van der Waals surface area contributed by atoms with Crippen molar-refractivity contribution < 1.29 is 22.4 Å². The van der Waals surface area contributed by atoms with Gasteiger partial charge in [0, 0.05) is 26.2 Å². The molecule has 0 bridgehead atoms. The maximum absolute atomic E-state index is 12.8. The molecule has 172 valence electrons.